The number of carbonyl (C=O) groups excluding carboxylic acids is 2. The Bertz CT molecular complexity index is 926. The van der Waals surface area contributed by atoms with E-state index in [-0.39, 0.29) is 17.1 Å². The van der Waals surface area contributed by atoms with Crippen LogP contribution in [0.3, 0.4) is 0 Å². The second-order valence-electron chi connectivity index (χ2n) is 6.17. The maximum atomic E-state index is 13.8. The smallest absolute Gasteiger partial charge is 0.288 e. The number of imidazole rings is 1. The van der Waals surface area contributed by atoms with E-state index in [9.17, 15) is 18.4 Å². The zero-order chi connectivity index (χ0) is 20.8. The Morgan fingerprint density at radius 1 is 1.29 bits per heavy atom. The third-order valence-electron chi connectivity index (χ3n) is 4.06. The molecule has 2 rings (SSSR count). The predicted molar refractivity (Wildman–Crippen MR) is 101 cm³/mol. The number of nitrogens with zero attached hydrogens (tertiary/aromatic N) is 1. The van der Waals surface area contributed by atoms with Gasteiger partial charge in [0, 0.05) is 14.0 Å². The fourth-order valence-corrected chi connectivity index (χ4v) is 3.27. The molecule has 28 heavy (non-hydrogen) atoms. The topological polar surface area (TPSA) is 88.2 Å². The molecule has 1 aromatic carbocycles. The Labute approximate surface area is 166 Å². The zero-order valence-corrected chi connectivity index (χ0v) is 16.6. The third-order valence-corrected chi connectivity index (χ3v) is 4.36. The molecule has 7 nitrogen and oxygen atoms in total. The number of H-pyrrole nitrogens is 1. The normalized spacial score (nSPS) is 11.9. The van der Waals surface area contributed by atoms with E-state index in [0.717, 1.165) is 12.1 Å². The third kappa shape index (κ3) is 4.82. The number of aromatic nitrogens is 2. The number of hydrogen-bond donors (Lipinski definition) is 3. The van der Waals surface area contributed by atoms with Gasteiger partial charge >= 0.3 is 0 Å². The number of rotatable bonds is 7. The monoisotopic (exact) mass is 412 g/mol. The van der Waals surface area contributed by atoms with E-state index in [1.54, 1.807) is 0 Å². The number of amides is 2. The summed E-state index contributed by atoms with van der Waals surface area (Å²) in [7, 11) is 1.46. The molecule has 0 aliphatic carbocycles. The van der Waals surface area contributed by atoms with Gasteiger partial charge in [-0.3, -0.25) is 20.4 Å². The number of carbonyl (C=O) groups is 2. The van der Waals surface area contributed by atoms with E-state index in [4.69, 9.17) is 17.0 Å². The first kappa shape index (κ1) is 21.7. The molecule has 2 aromatic rings. The van der Waals surface area contributed by atoms with Crippen LogP contribution >= 0.6 is 12.2 Å². The van der Waals surface area contributed by atoms with Crippen molar-refractivity contribution in [3.8, 4) is 0 Å². The van der Waals surface area contributed by atoms with Crippen molar-refractivity contribution in [2.24, 2.45) is 0 Å². The summed E-state index contributed by atoms with van der Waals surface area (Å²) in [6, 6.07) is 3.07. The highest BCUT2D eigenvalue weighted by atomic mass is 32.1. The summed E-state index contributed by atoms with van der Waals surface area (Å²) in [5.74, 6) is -3.01. The Hall–Kier alpha value is -2.59. The Kier molecular flexibility index (Phi) is 7.41. The van der Waals surface area contributed by atoms with Crippen LogP contribution in [0, 0.1) is 16.4 Å². The lowest BCUT2D eigenvalue weighted by atomic mass is 10.0. The van der Waals surface area contributed by atoms with Crippen LogP contribution in [0.15, 0.2) is 18.2 Å². The van der Waals surface area contributed by atoms with Crippen LogP contribution in [-0.4, -0.2) is 28.5 Å². The van der Waals surface area contributed by atoms with Crippen LogP contribution in [0.5, 0.6) is 0 Å². The lowest BCUT2D eigenvalue weighted by Crippen LogP contribution is -2.41. The van der Waals surface area contributed by atoms with E-state index in [1.807, 2.05) is 6.92 Å². The van der Waals surface area contributed by atoms with Crippen molar-refractivity contribution in [2.45, 2.75) is 39.3 Å². The van der Waals surface area contributed by atoms with Crippen molar-refractivity contribution >= 4 is 24.0 Å². The first-order valence-corrected chi connectivity index (χ1v) is 9.05. The molecule has 1 atom stereocenters. The molecule has 0 radical (unpaired) electrons. The standard InChI is InChI=1S/C18H22F2N4O3S/c1-4-5-15(11-6-7-12(19)13(20)8-11)24-16(17(26)23-22-10(2)25)14(9-27-3)21-18(24)28/h6-8,15H,4-5,9H2,1-3H3,(H,21,28)(H,22,25)(H,23,26). The van der Waals surface area contributed by atoms with Gasteiger partial charge in [-0.1, -0.05) is 19.4 Å². The molecule has 0 spiro atoms. The molecule has 0 bridgehead atoms. The minimum Gasteiger partial charge on any atom is -0.378 e. The van der Waals surface area contributed by atoms with Crippen LogP contribution in [-0.2, 0) is 16.1 Å². The molecule has 0 aliphatic rings. The van der Waals surface area contributed by atoms with Gasteiger partial charge in [0.2, 0.25) is 5.91 Å². The Balaban J connectivity index is 2.61. The predicted octanol–water partition coefficient (Wildman–Crippen LogP) is 3.14. The van der Waals surface area contributed by atoms with Crippen molar-refractivity contribution in [1.82, 2.24) is 20.4 Å². The van der Waals surface area contributed by atoms with E-state index in [2.05, 4.69) is 15.8 Å². The molecule has 1 aromatic heterocycles. The molecule has 0 saturated carbocycles. The summed E-state index contributed by atoms with van der Waals surface area (Å²) in [4.78, 5) is 26.8. The second-order valence-corrected chi connectivity index (χ2v) is 6.56. The van der Waals surface area contributed by atoms with Crippen molar-refractivity contribution in [3.63, 3.8) is 0 Å². The summed E-state index contributed by atoms with van der Waals surface area (Å²) in [6.45, 7) is 3.24. The molecule has 10 heteroatoms. The van der Waals surface area contributed by atoms with Crippen LogP contribution in [0.25, 0.3) is 0 Å². The number of hydrogen-bond acceptors (Lipinski definition) is 4. The molecule has 1 heterocycles. The number of aromatic amines is 1. The summed E-state index contributed by atoms with van der Waals surface area (Å²) >= 11 is 5.40. The van der Waals surface area contributed by atoms with Crippen molar-refractivity contribution < 1.29 is 23.1 Å². The van der Waals surface area contributed by atoms with Gasteiger partial charge in [0.1, 0.15) is 5.69 Å². The molecule has 2 amide bonds. The number of halogens is 2. The number of hydrazine groups is 1. The average Bonchev–Trinajstić information content (AvgIpc) is 2.96. The largest absolute Gasteiger partial charge is 0.378 e. The van der Waals surface area contributed by atoms with Gasteiger partial charge in [0.15, 0.2) is 16.4 Å². The molecule has 0 aliphatic heterocycles. The molecule has 0 saturated heterocycles. The summed E-state index contributed by atoms with van der Waals surface area (Å²) in [5.41, 5.74) is 5.54. The number of benzene rings is 1. The number of nitrogens with one attached hydrogen (secondary N) is 3. The van der Waals surface area contributed by atoms with E-state index in [1.165, 1.54) is 24.7 Å². The maximum absolute atomic E-state index is 13.8. The van der Waals surface area contributed by atoms with Crippen molar-refractivity contribution in [1.29, 1.82) is 0 Å². The summed E-state index contributed by atoms with van der Waals surface area (Å²) < 4.78 is 34.1. The van der Waals surface area contributed by atoms with E-state index >= 15 is 0 Å². The Morgan fingerprint density at radius 3 is 2.57 bits per heavy atom. The van der Waals surface area contributed by atoms with Crippen molar-refractivity contribution in [3.05, 3.63) is 51.6 Å². The summed E-state index contributed by atoms with van der Waals surface area (Å²) in [6.07, 6.45) is 1.22. The molecule has 152 valence electrons. The quantitative estimate of drug-likeness (QED) is 0.482. The fourth-order valence-electron chi connectivity index (χ4n) is 2.93. The average molecular weight is 412 g/mol. The number of ether oxygens (including phenoxy) is 1. The zero-order valence-electron chi connectivity index (χ0n) is 15.8. The highest BCUT2D eigenvalue weighted by Gasteiger charge is 2.26. The maximum Gasteiger partial charge on any atom is 0.288 e. The Morgan fingerprint density at radius 2 is 2.00 bits per heavy atom. The van der Waals surface area contributed by atoms with E-state index in [0.29, 0.717) is 24.1 Å². The molecule has 3 N–H and O–H groups in total. The summed E-state index contributed by atoms with van der Waals surface area (Å²) in [5, 5.41) is 0. The first-order valence-electron chi connectivity index (χ1n) is 8.64. The van der Waals surface area contributed by atoms with Gasteiger partial charge in [-0.15, -0.1) is 0 Å². The van der Waals surface area contributed by atoms with Crippen LogP contribution in [0.2, 0.25) is 0 Å². The van der Waals surface area contributed by atoms with Crippen LogP contribution in [0.4, 0.5) is 8.78 Å². The van der Waals surface area contributed by atoms with Gasteiger partial charge in [-0.2, -0.15) is 0 Å². The molecular weight excluding hydrogens is 390 g/mol. The lowest BCUT2D eigenvalue weighted by molar-refractivity contribution is -0.119. The van der Waals surface area contributed by atoms with Gasteiger partial charge in [-0.25, -0.2) is 8.78 Å². The number of methoxy groups -OCH3 is 1. The molecule has 0 fully saturated rings. The van der Waals surface area contributed by atoms with Gasteiger partial charge in [-0.05, 0) is 36.3 Å². The highest BCUT2D eigenvalue weighted by Crippen LogP contribution is 2.28. The molecule has 1 unspecified atom stereocenters. The minimum atomic E-state index is -0.984. The van der Waals surface area contributed by atoms with Gasteiger partial charge < -0.3 is 14.3 Å². The first-order chi connectivity index (χ1) is 13.3. The van der Waals surface area contributed by atoms with Crippen molar-refractivity contribution in [2.75, 3.05) is 7.11 Å². The van der Waals surface area contributed by atoms with Crippen LogP contribution < -0.4 is 10.9 Å². The van der Waals surface area contributed by atoms with E-state index < -0.39 is 29.5 Å². The second kappa shape index (κ2) is 9.56. The highest BCUT2D eigenvalue weighted by molar-refractivity contribution is 7.71. The fraction of sp³-hybridized carbons (Fsp3) is 0.389. The molecular formula is C18H22F2N4O3S. The van der Waals surface area contributed by atoms with Gasteiger partial charge in [0.05, 0.1) is 18.3 Å². The lowest BCUT2D eigenvalue weighted by Gasteiger charge is -2.21. The van der Waals surface area contributed by atoms with Gasteiger partial charge in [0.25, 0.3) is 5.91 Å². The SMILES string of the molecule is CCCC(c1ccc(F)c(F)c1)n1c(C(=O)NNC(C)=O)c(COC)[nH]c1=S. The minimum absolute atomic E-state index is 0.0656. The van der Waals surface area contributed by atoms with Crippen LogP contribution in [0.1, 0.15) is 54.5 Å².